The largest absolute Gasteiger partial charge is 0.475 e. The second-order valence-corrected chi connectivity index (χ2v) is 10.8. The van der Waals surface area contributed by atoms with Gasteiger partial charge in [-0.25, -0.2) is 19.7 Å². The Labute approximate surface area is 211 Å². The lowest BCUT2D eigenvalue weighted by molar-refractivity contribution is 0.0981. The van der Waals surface area contributed by atoms with Crippen molar-refractivity contribution in [3.05, 3.63) is 54.2 Å². The Balaban J connectivity index is 1.68. The van der Waals surface area contributed by atoms with Crippen molar-refractivity contribution in [3.63, 3.8) is 0 Å². The van der Waals surface area contributed by atoms with Gasteiger partial charge in [0.05, 0.1) is 17.4 Å². The van der Waals surface area contributed by atoms with Crippen LogP contribution in [0.1, 0.15) is 44.0 Å². The lowest BCUT2D eigenvalue weighted by Gasteiger charge is -2.33. The number of carbonyl (C=O) groups excluding carboxylic acids is 1. The van der Waals surface area contributed by atoms with Gasteiger partial charge in [0.25, 0.3) is 15.9 Å². The highest BCUT2D eigenvalue weighted by Crippen LogP contribution is 2.29. The number of carbonyl (C=O) groups is 1. The van der Waals surface area contributed by atoms with Gasteiger partial charge in [-0.15, -0.1) is 0 Å². The fourth-order valence-electron chi connectivity index (χ4n) is 4.06. The summed E-state index contributed by atoms with van der Waals surface area (Å²) < 4.78 is 33.3. The number of nitrogens with zero attached hydrogens (tertiary/aromatic N) is 4. The van der Waals surface area contributed by atoms with Crippen molar-refractivity contribution in [3.8, 4) is 17.1 Å². The quantitative estimate of drug-likeness (QED) is 0.490. The van der Waals surface area contributed by atoms with Crippen molar-refractivity contribution in [2.75, 3.05) is 23.7 Å². The highest BCUT2D eigenvalue weighted by molar-refractivity contribution is 7.90. The van der Waals surface area contributed by atoms with E-state index in [4.69, 9.17) is 15.5 Å². The number of pyridine rings is 3. The monoisotopic (exact) mass is 510 g/mol. The van der Waals surface area contributed by atoms with E-state index in [1.807, 2.05) is 24.8 Å². The van der Waals surface area contributed by atoms with Crippen LogP contribution in [0, 0.1) is 5.92 Å². The van der Waals surface area contributed by atoms with E-state index in [0.29, 0.717) is 36.4 Å². The molecule has 0 spiro atoms. The first-order valence-corrected chi connectivity index (χ1v) is 13.3. The smallest absolute Gasteiger partial charge is 0.281 e. The first kappa shape index (κ1) is 25.4. The van der Waals surface area contributed by atoms with Gasteiger partial charge in [-0.05, 0) is 62.9 Å². The molecule has 1 atom stereocenters. The second kappa shape index (κ2) is 10.5. The van der Waals surface area contributed by atoms with Crippen molar-refractivity contribution >= 4 is 27.6 Å². The van der Waals surface area contributed by atoms with Gasteiger partial charge in [-0.1, -0.05) is 13.0 Å². The van der Waals surface area contributed by atoms with Gasteiger partial charge in [0, 0.05) is 30.9 Å². The maximum absolute atomic E-state index is 13.2. The average Bonchev–Trinajstić information content (AvgIpc) is 2.83. The van der Waals surface area contributed by atoms with E-state index in [2.05, 4.69) is 21.6 Å². The Bertz CT molecular complexity index is 1340. The predicted molar refractivity (Wildman–Crippen MR) is 137 cm³/mol. The Morgan fingerprint density at radius 3 is 2.64 bits per heavy atom. The van der Waals surface area contributed by atoms with E-state index in [1.54, 1.807) is 24.4 Å². The van der Waals surface area contributed by atoms with Crippen molar-refractivity contribution in [2.24, 2.45) is 5.92 Å². The molecule has 3 aromatic heterocycles. The van der Waals surface area contributed by atoms with Gasteiger partial charge in [0.15, 0.2) is 5.03 Å². The lowest BCUT2D eigenvalue weighted by Crippen LogP contribution is -2.38. The van der Waals surface area contributed by atoms with Gasteiger partial charge < -0.3 is 15.4 Å². The minimum atomic E-state index is -4.23. The van der Waals surface area contributed by atoms with Crippen LogP contribution in [-0.4, -0.2) is 48.5 Å². The standard InChI is InChI=1S/C25H30N6O4S/c1-16(2)35-22-12-9-18(14-27-22)20-11-10-19(24(28-20)31-13-5-6-17(3)15-31)25(32)30-36(33,34)23-8-4-7-21(26)29-23/h4,7-12,14,16-17H,5-6,13,15H2,1-3H3,(H2,26,29)(H,30,32)/t17-/m0/s1. The molecule has 36 heavy (non-hydrogen) atoms. The van der Waals surface area contributed by atoms with Crippen LogP contribution in [0.4, 0.5) is 11.6 Å². The summed E-state index contributed by atoms with van der Waals surface area (Å²) in [5, 5.41) is -0.330. The molecule has 1 amide bonds. The van der Waals surface area contributed by atoms with E-state index in [-0.39, 0.29) is 22.5 Å². The zero-order valence-corrected chi connectivity index (χ0v) is 21.3. The van der Waals surface area contributed by atoms with Crippen LogP contribution >= 0.6 is 0 Å². The number of nitrogen functional groups attached to an aromatic ring is 1. The number of ether oxygens (including phenoxy) is 1. The number of sulfonamides is 1. The molecule has 0 aliphatic carbocycles. The molecule has 1 aliphatic rings. The number of hydrogen-bond acceptors (Lipinski definition) is 9. The molecule has 0 saturated carbocycles. The topological polar surface area (TPSA) is 140 Å². The summed E-state index contributed by atoms with van der Waals surface area (Å²) in [4.78, 5) is 28.2. The molecule has 0 radical (unpaired) electrons. The summed E-state index contributed by atoms with van der Waals surface area (Å²) in [5.74, 6) is 0.600. The van der Waals surface area contributed by atoms with Crippen LogP contribution in [0.25, 0.3) is 11.3 Å². The molecule has 0 bridgehead atoms. The minimum absolute atomic E-state index is 0.00534. The summed E-state index contributed by atoms with van der Waals surface area (Å²) in [5.41, 5.74) is 7.14. The molecule has 0 unspecified atom stereocenters. The molecular formula is C25H30N6O4S. The van der Waals surface area contributed by atoms with Crippen molar-refractivity contribution < 1.29 is 17.9 Å². The third-order valence-electron chi connectivity index (χ3n) is 5.71. The van der Waals surface area contributed by atoms with Crippen LogP contribution in [0.3, 0.4) is 0 Å². The fraction of sp³-hybridized carbons (Fsp3) is 0.360. The van der Waals surface area contributed by atoms with Gasteiger partial charge in [-0.3, -0.25) is 4.79 Å². The third kappa shape index (κ3) is 5.91. The minimum Gasteiger partial charge on any atom is -0.475 e. The molecule has 4 heterocycles. The van der Waals surface area contributed by atoms with Crippen molar-refractivity contribution in [1.29, 1.82) is 0 Å². The molecule has 0 aromatic carbocycles. The van der Waals surface area contributed by atoms with Crippen LogP contribution in [0.2, 0.25) is 0 Å². The Morgan fingerprint density at radius 1 is 1.17 bits per heavy atom. The normalized spacial score (nSPS) is 16.1. The number of rotatable bonds is 7. The summed E-state index contributed by atoms with van der Waals surface area (Å²) in [6.45, 7) is 7.42. The van der Waals surface area contributed by atoms with E-state index >= 15 is 0 Å². The first-order valence-electron chi connectivity index (χ1n) is 11.8. The SMILES string of the molecule is CC(C)Oc1ccc(-c2ccc(C(=O)NS(=O)(=O)c3cccc(N)n3)c(N3CCC[C@H](C)C3)n2)cn1. The summed E-state index contributed by atoms with van der Waals surface area (Å²) in [7, 11) is -4.23. The van der Waals surface area contributed by atoms with Gasteiger partial charge in [0.2, 0.25) is 5.88 Å². The van der Waals surface area contributed by atoms with E-state index in [0.717, 1.165) is 18.4 Å². The summed E-state index contributed by atoms with van der Waals surface area (Å²) >= 11 is 0. The van der Waals surface area contributed by atoms with E-state index < -0.39 is 15.9 Å². The molecule has 1 saturated heterocycles. The number of anilines is 2. The molecule has 4 rings (SSSR count). The molecule has 190 valence electrons. The number of aromatic nitrogens is 3. The van der Waals surface area contributed by atoms with Crippen molar-refractivity contribution in [2.45, 2.75) is 44.7 Å². The van der Waals surface area contributed by atoms with Crippen LogP contribution < -0.4 is 20.1 Å². The number of piperidine rings is 1. The zero-order chi connectivity index (χ0) is 25.9. The summed E-state index contributed by atoms with van der Waals surface area (Å²) in [6, 6.07) is 11.1. The number of nitrogens with one attached hydrogen (secondary N) is 1. The molecular weight excluding hydrogens is 480 g/mol. The molecule has 1 fully saturated rings. The summed E-state index contributed by atoms with van der Waals surface area (Å²) in [6.07, 6.45) is 3.70. The third-order valence-corrected chi connectivity index (χ3v) is 6.94. The van der Waals surface area contributed by atoms with Crippen LogP contribution in [0.5, 0.6) is 5.88 Å². The number of amides is 1. The number of hydrogen-bond donors (Lipinski definition) is 2. The molecule has 3 N–H and O–H groups in total. The van der Waals surface area contributed by atoms with E-state index in [1.165, 1.54) is 18.2 Å². The number of nitrogens with two attached hydrogens (primary N) is 1. The Kier molecular flexibility index (Phi) is 7.39. The Hall–Kier alpha value is -3.73. The highest BCUT2D eigenvalue weighted by atomic mass is 32.2. The van der Waals surface area contributed by atoms with E-state index in [9.17, 15) is 13.2 Å². The zero-order valence-electron chi connectivity index (χ0n) is 20.5. The molecule has 1 aliphatic heterocycles. The highest BCUT2D eigenvalue weighted by Gasteiger charge is 2.27. The van der Waals surface area contributed by atoms with Crippen LogP contribution in [0.15, 0.2) is 53.7 Å². The molecule has 3 aromatic rings. The lowest BCUT2D eigenvalue weighted by atomic mass is 9.99. The maximum atomic E-state index is 13.2. The van der Waals surface area contributed by atoms with Gasteiger partial charge in [-0.2, -0.15) is 8.42 Å². The first-order chi connectivity index (χ1) is 17.1. The Morgan fingerprint density at radius 2 is 1.97 bits per heavy atom. The van der Waals surface area contributed by atoms with Crippen molar-refractivity contribution in [1.82, 2.24) is 19.7 Å². The van der Waals surface area contributed by atoms with Crippen LogP contribution in [-0.2, 0) is 10.0 Å². The predicted octanol–water partition coefficient (Wildman–Crippen LogP) is 3.26. The molecule has 10 nitrogen and oxygen atoms in total. The second-order valence-electron chi connectivity index (χ2n) is 9.15. The molecule has 11 heteroatoms. The maximum Gasteiger partial charge on any atom is 0.281 e. The van der Waals surface area contributed by atoms with Gasteiger partial charge >= 0.3 is 0 Å². The van der Waals surface area contributed by atoms with Gasteiger partial charge in [0.1, 0.15) is 11.6 Å². The average molecular weight is 511 g/mol. The fourth-order valence-corrected chi connectivity index (χ4v) is 5.00.